The predicted molar refractivity (Wildman–Crippen MR) is 123 cm³/mol. The minimum atomic E-state index is -3.62. The van der Waals surface area contributed by atoms with Crippen molar-refractivity contribution >= 4 is 39.1 Å². The summed E-state index contributed by atoms with van der Waals surface area (Å²) in [5.74, 6) is -0.335. The molecule has 0 atom stereocenters. The van der Waals surface area contributed by atoms with Crippen molar-refractivity contribution in [3.05, 3.63) is 58.6 Å². The van der Waals surface area contributed by atoms with Gasteiger partial charge < -0.3 is 10.2 Å². The molecule has 9 heteroatoms. The lowest BCUT2D eigenvalue weighted by molar-refractivity contribution is -0.133. The van der Waals surface area contributed by atoms with Crippen LogP contribution in [-0.4, -0.2) is 55.6 Å². The van der Waals surface area contributed by atoms with E-state index in [1.54, 1.807) is 17.0 Å². The van der Waals surface area contributed by atoms with Crippen molar-refractivity contribution in [2.45, 2.75) is 37.0 Å². The van der Waals surface area contributed by atoms with Gasteiger partial charge in [0.15, 0.2) is 0 Å². The zero-order valence-electron chi connectivity index (χ0n) is 17.7. The molecule has 0 unspecified atom stereocenters. The van der Waals surface area contributed by atoms with Crippen LogP contribution in [0.3, 0.4) is 0 Å². The van der Waals surface area contributed by atoms with Crippen molar-refractivity contribution in [2.75, 3.05) is 31.5 Å². The highest BCUT2D eigenvalue weighted by atomic mass is 35.5. The fourth-order valence-corrected chi connectivity index (χ4v) is 5.73. The van der Waals surface area contributed by atoms with Crippen molar-refractivity contribution in [1.82, 2.24) is 9.21 Å². The molecule has 0 aromatic heterocycles. The second-order valence-corrected chi connectivity index (χ2v) is 10.5. The number of aryl methyl sites for hydroxylation is 2. The van der Waals surface area contributed by atoms with Gasteiger partial charge in [-0.15, -0.1) is 0 Å². The van der Waals surface area contributed by atoms with Gasteiger partial charge in [0, 0.05) is 49.7 Å². The molecule has 2 amide bonds. The Labute approximate surface area is 193 Å². The van der Waals surface area contributed by atoms with Gasteiger partial charge in [0.2, 0.25) is 21.8 Å². The summed E-state index contributed by atoms with van der Waals surface area (Å²) in [5.41, 5.74) is 3.39. The van der Waals surface area contributed by atoms with E-state index in [4.69, 9.17) is 11.6 Å². The molecule has 1 aliphatic carbocycles. The number of nitrogens with zero attached hydrogens (tertiary/aromatic N) is 2. The summed E-state index contributed by atoms with van der Waals surface area (Å²) >= 11 is 5.84. The monoisotopic (exact) mass is 475 g/mol. The maximum atomic E-state index is 12.8. The van der Waals surface area contributed by atoms with Gasteiger partial charge in [-0.1, -0.05) is 17.7 Å². The first-order valence-corrected chi connectivity index (χ1v) is 12.6. The van der Waals surface area contributed by atoms with E-state index >= 15 is 0 Å². The number of hydrogen-bond donors (Lipinski definition) is 1. The molecule has 1 heterocycles. The zero-order valence-corrected chi connectivity index (χ0v) is 19.3. The van der Waals surface area contributed by atoms with Gasteiger partial charge in [-0.3, -0.25) is 9.59 Å². The third kappa shape index (κ3) is 5.14. The SMILES string of the molecule is O=C(CCC(=O)N1CCN(S(=O)(=O)c2ccc(Cl)cc2)CC1)Nc1ccc2c(c1)CCC2. The lowest BCUT2D eigenvalue weighted by Gasteiger charge is -2.34. The van der Waals surface area contributed by atoms with E-state index in [0.29, 0.717) is 18.1 Å². The fraction of sp³-hybridized carbons (Fsp3) is 0.391. The zero-order chi connectivity index (χ0) is 22.7. The Morgan fingerprint density at radius 1 is 0.906 bits per heavy atom. The van der Waals surface area contributed by atoms with Crippen LogP contribution < -0.4 is 5.32 Å². The number of anilines is 1. The summed E-state index contributed by atoms with van der Waals surface area (Å²) in [6, 6.07) is 12.0. The predicted octanol–water partition coefficient (Wildman–Crippen LogP) is 3.08. The normalized spacial score (nSPS) is 16.6. The molecule has 32 heavy (non-hydrogen) atoms. The number of carbonyl (C=O) groups excluding carboxylic acids is 2. The topological polar surface area (TPSA) is 86.8 Å². The Hall–Kier alpha value is -2.42. The minimum absolute atomic E-state index is 0.0964. The number of benzene rings is 2. The van der Waals surface area contributed by atoms with Crippen LogP contribution in [0.2, 0.25) is 5.02 Å². The van der Waals surface area contributed by atoms with Gasteiger partial charge in [-0.05, 0) is 66.8 Å². The molecule has 2 aromatic carbocycles. The summed E-state index contributed by atoms with van der Waals surface area (Å²) in [4.78, 5) is 26.6. The van der Waals surface area contributed by atoms with Crippen molar-refractivity contribution in [2.24, 2.45) is 0 Å². The van der Waals surface area contributed by atoms with Gasteiger partial charge in [0.25, 0.3) is 0 Å². The lowest BCUT2D eigenvalue weighted by Crippen LogP contribution is -2.50. The molecule has 0 spiro atoms. The lowest BCUT2D eigenvalue weighted by atomic mass is 10.1. The minimum Gasteiger partial charge on any atom is -0.340 e. The highest BCUT2D eigenvalue weighted by Gasteiger charge is 2.30. The fourth-order valence-electron chi connectivity index (χ4n) is 4.19. The second kappa shape index (κ2) is 9.60. The summed E-state index contributed by atoms with van der Waals surface area (Å²) in [6.45, 7) is 1.05. The van der Waals surface area contributed by atoms with Gasteiger partial charge in [-0.2, -0.15) is 4.31 Å². The molecule has 1 aliphatic heterocycles. The Kier molecular flexibility index (Phi) is 6.83. The van der Waals surface area contributed by atoms with Crippen molar-refractivity contribution in [3.63, 3.8) is 0 Å². The molecule has 4 rings (SSSR count). The van der Waals surface area contributed by atoms with Crippen LogP contribution in [0.5, 0.6) is 0 Å². The number of fused-ring (bicyclic) bond motifs is 1. The van der Waals surface area contributed by atoms with Crippen LogP contribution in [0.15, 0.2) is 47.4 Å². The maximum Gasteiger partial charge on any atom is 0.243 e. The van der Waals surface area contributed by atoms with Crippen LogP contribution in [0.25, 0.3) is 0 Å². The number of carbonyl (C=O) groups is 2. The third-order valence-corrected chi connectivity index (χ3v) is 8.16. The van der Waals surface area contributed by atoms with Crippen molar-refractivity contribution in [1.29, 1.82) is 0 Å². The largest absolute Gasteiger partial charge is 0.340 e. The second-order valence-electron chi connectivity index (χ2n) is 8.12. The molecule has 2 aliphatic rings. The summed E-state index contributed by atoms with van der Waals surface area (Å²) in [5, 5.41) is 3.34. The van der Waals surface area contributed by atoms with Crippen LogP contribution in [0.4, 0.5) is 5.69 Å². The van der Waals surface area contributed by atoms with E-state index in [9.17, 15) is 18.0 Å². The van der Waals surface area contributed by atoms with Crippen molar-refractivity contribution < 1.29 is 18.0 Å². The van der Waals surface area contributed by atoms with Gasteiger partial charge >= 0.3 is 0 Å². The molecule has 1 N–H and O–H groups in total. The average molecular weight is 476 g/mol. The van der Waals surface area contributed by atoms with E-state index < -0.39 is 10.0 Å². The Balaban J connectivity index is 1.24. The van der Waals surface area contributed by atoms with E-state index in [1.165, 1.54) is 27.6 Å². The van der Waals surface area contributed by atoms with Crippen LogP contribution >= 0.6 is 11.6 Å². The molecule has 170 valence electrons. The van der Waals surface area contributed by atoms with E-state index in [-0.39, 0.29) is 42.6 Å². The summed E-state index contributed by atoms with van der Waals surface area (Å²) in [6.07, 6.45) is 3.47. The van der Waals surface area contributed by atoms with E-state index in [0.717, 1.165) is 24.9 Å². The number of hydrogen-bond acceptors (Lipinski definition) is 4. The van der Waals surface area contributed by atoms with Crippen molar-refractivity contribution in [3.8, 4) is 0 Å². The van der Waals surface area contributed by atoms with E-state index in [2.05, 4.69) is 11.4 Å². The number of rotatable bonds is 6. The van der Waals surface area contributed by atoms with Crippen LogP contribution in [0.1, 0.15) is 30.4 Å². The first kappa shape index (κ1) is 22.8. The third-order valence-electron chi connectivity index (χ3n) is 5.99. The van der Waals surface area contributed by atoms with Crippen LogP contribution in [0, 0.1) is 0 Å². The Morgan fingerprint density at radius 2 is 1.59 bits per heavy atom. The molecular weight excluding hydrogens is 450 g/mol. The van der Waals surface area contributed by atoms with Crippen LogP contribution in [-0.2, 0) is 32.5 Å². The molecule has 1 saturated heterocycles. The molecule has 0 saturated carbocycles. The highest BCUT2D eigenvalue weighted by molar-refractivity contribution is 7.89. The smallest absolute Gasteiger partial charge is 0.243 e. The standard InChI is InChI=1S/C23H26ClN3O4S/c24-19-5-8-21(9-6-19)32(30,31)27-14-12-26(13-15-27)23(29)11-10-22(28)25-20-7-4-17-2-1-3-18(17)16-20/h4-9,16H,1-3,10-15H2,(H,25,28). The average Bonchev–Trinajstić information content (AvgIpc) is 3.26. The quantitative estimate of drug-likeness (QED) is 0.695. The number of nitrogens with one attached hydrogen (secondary N) is 1. The first-order valence-electron chi connectivity index (χ1n) is 10.8. The summed E-state index contributed by atoms with van der Waals surface area (Å²) < 4.78 is 26.9. The molecule has 0 radical (unpaired) electrons. The number of sulfonamides is 1. The van der Waals surface area contributed by atoms with Gasteiger partial charge in [0.1, 0.15) is 0 Å². The molecule has 0 bridgehead atoms. The first-order chi connectivity index (χ1) is 15.3. The summed E-state index contributed by atoms with van der Waals surface area (Å²) in [7, 11) is -3.62. The molecular formula is C23H26ClN3O4S. The van der Waals surface area contributed by atoms with Gasteiger partial charge in [-0.25, -0.2) is 8.42 Å². The molecule has 2 aromatic rings. The van der Waals surface area contributed by atoms with E-state index in [1.807, 2.05) is 12.1 Å². The van der Waals surface area contributed by atoms with Gasteiger partial charge in [0.05, 0.1) is 4.90 Å². The highest BCUT2D eigenvalue weighted by Crippen LogP contribution is 2.25. The number of piperazine rings is 1. The Morgan fingerprint density at radius 3 is 2.31 bits per heavy atom. The Bertz CT molecular complexity index is 1110. The number of halogens is 1. The maximum absolute atomic E-state index is 12.8. The molecule has 1 fully saturated rings. The molecule has 7 nitrogen and oxygen atoms in total. The number of amides is 2.